The molecule has 2 heterocycles. The average molecular weight is 251 g/mol. The van der Waals surface area contributed by atoms with E-state index in [1.807, 2.05) is 0 Å². The van der Waals surface area contributed by atoms with Crippen LogP contribution < -0.4 is 10.2 Å². The molecule has 1 aromatic carbocycles. The zero-order valence-corrected chi connectivity index (χ0v) is 11.3. The van der Waals surface area contributed by atoms with Crippen LogP contribution in [0.2, 0.25) is 5.02 Å². The number of aryl methyl sites for hydroxylation is 2. The largest absolute Gasteiger partial charge is 0.366 e. The first kappa shape index (κ1) is 11.4. The fraction of sp³-hybridized carbons (Fsp3) is 0.571. The second kappa shape index (κ2) is 4.18. The lowest BCUT2D eigenvalue weighted by molar-refractivity contribution is 0.439. The Labute approximate surface area is 108 Å². The minimum Gasteiger partial charge on any atom is -0.366 e. The van der Waals surface area contributed by atoms with E-state index in [1.54, 1.807) is 0 Å². The number of nitrogens with zero attached hydrogens (tertiary/aromatic N) is 1. The van der Waals surface area contributed by atoms with Gasteiger partial charge in [0.2, 0.25) is 0 Å². The molecule has 2 aliphatic heterocycles. The van der Waals surface area contributed by atoms with Gasteiger partial charge in [-0.15, -0.1) is 0 Å². The molecule has 1 saturated heterocycles. The summed E-state index contributed by atoms with van der Waals surface area (Å²) in [7, 11) is 0. The maximum Gasteiger partial charge on any atom is 0.0485 e. The number of benzene rings is 1. The molecule has 0 radical (unpaired) electrons. The lowest BCUT2D eigenvalue weighted by atomic mass is 9.90. The zero-order valence-electron chi connectivity index (χ0n) is 10.5. The highest BCUT2D eigenvalue weighted by Crippen LogP contribution is 2.39. The summed E-state index contributed by atoms with van der Waals surface area (Å²) in [6, 6.07) is 2.94. The third kappa shape index (κ3) is 1.74. The Morgan fingerprint density at radius 1 is 1.41 bits per heavy atom. The van der Waals surface area contributed by atoms with Crippen LogP contribution >= 0.6 is 11.6 Å². The molecule has 0 aliphatic carbocycles. The molecule has 1 N–H and O–H groups in total. The number of piperazine rings is 1. The second-order valence-electron chi connectivity index (χ2n) is 5.23. The van der Waals surface area contributed by atoms with Crippen molar-refractivity contribution in [3.05, 3.63) is 27.8 Å². The number of nitrogens with one attached hydrogen (secondary N) is 1. The quantitative estimate of drug-likeness (QED) is 0.762. The monoisotopic (exact) mass is 250 g/mol. The van der Waals surface area contributed by atoms with Gasteiger partial charge in [0.05, 0.1) is 0 Å². The molecule has 92 valence electrons. The van der Waals surface area contributed by atoms with E-state index in [4.69, 9.17) is 11.6 Å². The highest BCUT2D eigenvalue weighted by molar-refractivity contribution is 6.32. The summed E-state index contributed by atoms with van der Waals surface area (Å²) in [5.74, 6) is 0. The van der Waals surface area contributed by atoms with Crippen LogP contribution in [-0.4, -0.2) is 25.7 Å². The molecule has 0 bridgehead atoms. The summed E-state index contributed by atoms with van der Waals surface area (Å²) >= 11 is 6.40. The maximum absolute atomic E-state index is 6.40. The van der Waals surface area contributed by atoms with Crippen LogP contribution in [0, 0.1) is 13.8 Å². The van der Waals surface area contributed by atoms with Crippen LogP contribution in [0.4, 0.5) is 5.69 Å². The van der Waals surface area contributed by atoms with Crippen LogP contribution in [0.3, 0.4) is 0 Å². The summed E-state index contributed by atoms with van der Waals surface area (Å²) < 4.78 is 0. The van der Waals surface area contributed by atoms with Gasteiger partial charge in [-0.1, -0.05) is 17.7 Å². The average Bonchev–Trinajstić information content (AvgIpc) is 2.35. The molecule has 1 unspecified atom stereocenters. The van der Waals surface area contributed by atoms with Gasteiger partial charge in [0.15, 0.2) is 0 Å². The van der Waals surface area contributed by atoms with E-state index >= 15 is 0 Å². The minimum atomic E-state index is 0.661. The number of hydrogen-bond acceptors (Lipinski definition) is 2. The predicted molar refractivity (Wildman–Crippen MR) is 73.3 cm³/mol. The molecule has 0 amide bonds. The molecular weight excluding hydrogens is 232 g/mol. The van der Waals surface area contributed by atoms with Crippen molar-refractivity contribution in [2.75, 3.05) is 24.5 Å². The van der Waals surface area contributed by atoms with Gasteiger partial charge in [0.25, 0.3) is 0 Å². The zero-order chi connectivity index (χ0) is 12.0. The van der Waals surface area contributed by atoms with E-state index in [2.05, 4.69) is 30.1 Å². The van der Waals surface area contributed by atoms with Gasteiger partial charge in [0.1, 0.15) is 0 Å². The Kier molecular flexibility index (Phi) is 2.80. The van der Waals surface area contributed by atoms with E-state index < -0.39 is 0 Å². The lowest BCUT2D eigenvalue weighted by Crippen LogP contribution is -2.53. The Bertz CT molecular complexity index is 456. The van der Waals surface area contributed by atoms with E-state index in [1.165, 1.54) is 35.2 Å². The van der Waals surface area contributed by atoms with Crippen molar-refractivity contribution >= 4 is 17.3 Å². The topological polar surface area (TPSA) is 15.3 Å². The summed E-state index contributed by atoms with van der Waals surface area (Å²) in [6.45, 7) is 7.58. The second-order valence-corrected chi connectivity index (χ2v) is 5.61. The van der Waals surface area contributed by atoms with E-state index in [9.17, 15) is 0 Å². The van der Waals surface area contributed by atoms with E-state index in [-0.39, 0.29) is 0 Å². The van der Waals surface area contributed by atoms with Crippen molar-refractivity contribution in [3.8, 4) is 0 Å². The lowest BCUT2D eigenvalue weighted by Gasteiger charge is -2.43. The van der Waals surface area contributed by atoms with E-state index in [0.717, 1.165) is 24.7 Å². The third-order valence-electron chi connectivity index (χ3n) is 4.11. The maximum atomic E-state index is 6.40. The number of rotatable bonds is 0. The molecule has 3 heteroatoms. The Morgan fingerprint density at radius 2 is 2.24 bits per heavy atom. The molecule has 1 atom stereocenters. The fourth-order valence-corrected chi connectivity index (χ4v) is 3.40. The number of halogens is 1. The van der Waals surface area contributed by atoms with Crippen LogP contribution in [0.15, 0.2) is 6.07 Å². The highest BCUT2D eigenvalue weighted by Gasteiger charge is 2.30. The summed E-state index contributed by atoms with van der Waals surface area (Å²) in [5, 5.41) is 4.43. The predicted octanol–water partition coefficient (Wildman–Crippen LogP) is 2.68. The van der Waals surface area contributed by atoms with Gasteiger partial charge in [-0.3, -0.25) is 0 Å². The van der Waals surface area contributed by atoms with E-state index in [0.29, 0.717) is 6.04 Å². The summed E-state index contributed by atoms with van der Waals surface area (Å²) in [4.78, 5) is 2.57. The Balaban J connectivity index is 2.12. The van der Waals surface area contributed by atoms with Crippen molar-refractivity contribution in [2.45, 2.75) is 32.7 Å². The number of anilines is 1. The molecule has 3 rings (SSSR count). The summed E-state index contributed by atoms with van der Waals surface area (Å²) in [6.07, 6.45) is 2.46. The summed E-state index contributed by atoms with van der Waals surface area (Å²) in [5.41, 5.74) is 5.39. The standard InChI is InChI=1S/C14H19ClN2/c1-9-7-11-3-4-12-8-16-5-6-17(12)14(11)10(2)13(9)15/h7,12,16H,3-6,8H2,1-2H3. The molecule has 2 nitrogen and oxygen atoms in total. The van der Waals surface area contributed by atoms with Crippen molar-refractivity contribution in [1.82, 2.24) is 5.32 Å². The van der Waals surface area contributed by atoms with Crippen molar-refractivity contribution in [1.29, 1.82) is 0 Å². The van der Waals surface area contributed by atoms with Crippen molar-refractivity contribution in [2.24, 2.45) is 0 Å². The van der Waals surface area contributed by atoms with Crippen LogP contribution in [-0.2, 0) is 6.42 Å². The van der Waals surface area contributed by atoms with Crippen molar-refractivity contribution in [3.63, 3.8) is 0 Å². The molecule has 0 spiro atoms. The van der Waals surface area contributed by atoms with Gasteiger partial charge in [-0.25, -0.2) is 0 Å². The normalized spacial score (nSPS) is 23.2. The molecular formula is C14H19ClN2. The first-order valence-electron chi connectivity index (χ1n) is 6.44. The first-order chi connectivity index (χ1) is 8.18. The van der Waals surface area contributed by atoms with Gasteiger partial charge in [-0.2, -0.15) is 0 Å². The van der Waals surface area contributed by atoms with Gasteiger partial charge >= 0.3 is 0 Å². The molecule has 17 heavy (non-hydrogen) atoms. The molecule has 1 aromatic rings. The van der Waals surface area contributed by atoms with Gasteiger partial charge in [0, 0.05) is 36.4 Å². The van der Waals surface area contributed by atoms with Crippen LogP contribution in [0.25, 0.3) is 0 Å². The van der Waals surface area contributed by atoms with Crippen molar-refractivity contribution < 1.29 is 0 Å². The highest BCUT2D eigenvalue weighted by atomic mass is 35.5. The molecule has 1 fully saturated rings. The minimum absolute atomic E-state index is 0.661. The fourth-order valence-electron chi connectivity index (χ4n) is 3.26. The third-order valence-corrected chi connectivity index (χ3v) is 4.69. The van der Waals surface area contributed by atoms with Crippen LogP contribution in [0.5, 0.6) is 0 Å². The molecule has 0 saturated carbocycles. The van der Waals surface area contributed by atoms with Gasteiger partial charge in [-0.05, 0) is 43.4 Å². The Morgan fingerprint density at radius 3 is 3.06 bits per heavy atom. The Hall–Kier alpha value is -0.730. The number of hydrogen-bond donors (Lipinski definition) is 1. The molecule has 0 aromatic heterocycles. The smallest absolute Gasteiger partial charge is 0.0485 e. The SMILES string of the molecule is Cc1cc2c(c(C)c1Cl)N1CCNCC1CC2. The first-order valence-corrected chi connectivity index (χ1v) is 6.82. The molecule has 2 aliphatic rings. The van der Waals surface area contributed by atoms with Gasteiger partial charge < -0.3 is 10.2 Å². The number of fused-ring (bicyclic) bond motifs is 3. The van der Waals surface area contributed by atoms with Crippen LogP contribution in [0.1, 0.15) is 23.1 Å².